The van der Waals surface area contributed by atoms with Crippen LogP contribution in [-0.2, 0) is 6.42 Å². The van der Waals surface area contributed by atoms with E-state index in [1.807, 2.05) is 47.4 Å². The number of benzene rings is 2. The third-order valence-corrected chi connectivity index (χ3v) is 5.54. The van der Waals surface area contributed by atoms with E-state index < -0.39 is 0 Å². The van der Waals surface area contributed by atoms with Crippen molar-refractivity contribution in [3.8, 4) is 0 Å². The van der Waals surface area contributed by atoms with E-state index in [1.54, 1.807) is 12.1 Å². The van der Waals surface area contributed by atoms with Crippen LogP contribution < -0.4 is 4.90 Å². The number of halogens is 2. The molecule has 2 aromatic carbocycles. The molecule has 1 aromatic heterocycles. The molecule has 4 nitrogen and oxygen atoms in total. The van der Waals surface area contributed by atoms with Gasteiger partial charge in [0.15, 0.2) is 5.76 Å². The minimum absolute atomic E-state index is 0. The SMILES string of the molecule is Cl.O=C(c1ccco1)N(c1ccccc1)C1CCN(CCc2ccc(F)cc2)CC1. The average molecular weight is 429 g/mol. The smallest absolute Gasteiger partial charge is 0.294 e. The van der Waals surface area contributed by atoms with Crippen molar-refractivity contribution in [2.45, 2.75) is 25.3 Å². The summed E-state index contributed by atoms with van der Waals surface area (Å²) >= 11 is 0. The molecule has 30 heavy (non-hydrogen) atoms. The zero-order chi connectivity index (χ0) is 20.1. The maximum atomic E-state index is 13.1. The molecular weight excluding hydrogens is 403 g/mol. The van der Waals surface area contributed by atoms with Crippen LogP contribution in [0.2, 0.25) is 0 Å². The van der Waals surface area contributed by atoms with Gasteiger partial charge in [0.2, 0.25) is 0 Å². The van der Waals surface area contributed by atoms with Crippen LogP contribution in [0.5, 0.6) is 0 Å². The van der Waals surface area contributed by atoms with Gasteiger partial charge in [-0.05, 0) is 61.2 Å². The maximum Gasteiger partial charge on any atom is 0.294 e. The lowest BCUT2D eigenvalue weighted by Crippen LogP contribution is -2.48. The van der Waals surface area contributed by atoms with E-state index in [-0.39, 0.29) is 30.2 Å². The number of piperidine rings is 1. The Bertz CT molecular complexity index is 908. The Morgan fingerprint density at radius 3 is 2.33 bits per heavy atom. The average Bonchev–Trinajstić information content (AvgIpc) is 3.30. The Balaban J connectivity index is 0.00000256. The molecule has 1 fully saturated rings. The highest BCUT2D eigenvalue weighted by atomic mass is 35.5. The third kappa shape index (κ3) is 5.29. The molecular formula is C24H26ClFN2O2. The molecule has 6 heteroatoms. The molecule has 0 saturated carbocycles. The minimum atomic E-state index is -0.197. The lowest BCUT2D eigenvalue weighted by Gasteiger charge is -2.38. The standard InChI is InChI=1S/C24H25FN2O2.ClH/c25-20-10-8-19(9-11-20)12-15-26-16-13-22(14-17-26)27(21-5-2-1-3-6-21)24(28)23-7-4-18-29-23;/h1-11,18,22H,12-17H2;1H. The first kappa shape index (κ1) is 22.1. The van der Waals surface area contributed by atoms with Gasteiger partial charge < -0.3 is 14.2 Å². The molecule has 1 amide bonds. The molecule has 3 aromatic rings. The van der Waals surface area contributed by atoms with Crippen molar-refractivity contribution in [2.24, 2.45) is 0 Å². The monoisotopic (exact) mass is 428 g/mol. The van der Waals surface area contributed by atoms with Gasteiger partial charge in [0.05, 0.1) is 6.26 Å². The maximum absolute atomic E-state index is 13.1. The van der Waals surface area contributed by atoms with Crippen molar-refractivity contribution >= 4 is 24.0 Å². The number of hydrogen-bond donors (Lipinski definition) is 0. The molecule has 0 N–H and O–H groups in total. The fraction of sp³-hybridized carbons (Fsp3) is 0.292. The van der Waals surface area contributed by atoms with Crippen molar-refractivity contribution in [1.82, 2.24) is 4.90 Å². The topological polar surface area (TPSA) is 36.7 Å². The highest BCUT2D eigenvalue weighted by molar-refractivity contribution is 6.04. The fourth-order valence-corrected chi connectivity index (χ4v) is 3.94. The molecule has 4 rings (SSSR count). The largest absolute Gasteiger partial charge is 0.459 e. The lowest BCUT2D eigenvalue weighted by atomic mass is 10.0. The van der Waals surface area contributed by atoms with E-state index >= 15 is 0 Å². The predicted molar refractivity (Wildman–Crippen MR) is 119 cm³/mol. The van der Waals surface area contributed by atoms with Crippen molar-refractivity contribution < 1.29 is 13.6 Å². The molecule has 1 aliphatic heterocycles. The highest BCUT2D eigenvalue weighted by Crippen LogP contribution is 2.26. The first-order valence-corrected chi connectivity index (χ1v) is 10.1. The number of furan rings is 1. The number of likely N-dealkylation sites (tertiary alicyclic amines) is 1. The van der Waals surface area contributed by atoms with E-state index in [9.17, 15) is 9.18 Å². The van der Waals surface area contributed by atoms with Crippen molar-refractivity contribution in [3.05, 3.63) is 90.1 Å². The van der Waals surface area contributed by atoms with Crippen LogP contribution in [0.1, 0.15) is 29.0 Å². The first-order valence-electron chi connectivity index (χ1n) is 10.1. The summed E-state index contributed by atoms with van der Waals surface area (Å²) in [6.07, 6.45) is 4.25. The van der Waals surface area contributed by atoms with Crippen molar-refractivity contribution in [1.29, 1.82) is 0 Å². The summed E-state index contributed by atoms with van der Waals surface area (Å²) in [5.74, 6) is 0.0790. The van der Waals surface area contributed by atoms with Gasteiger partial charge in [-0.15, -0.1) is 12.4 Å². The van der Waals surface area contributed by atoms with E-state index in [4.69, 9.17) is 4.42 Å². The minimum Gasteiger partial charge on any atom is -0.459 e. The quantitative estimate of drug-likeness (QED) is 0.541. The second-order valence-electron chi connectivity index (χ2n) is 7.44. The summed E-state index contributed by atoms with van der Waals surface area (Å²) in [6.45, 7) is 2.80. The fourth-order valence-electron chi connectivity index (χ4n) is 3.94. The van der Waals surface area contributed by atoms with Gasteiger partial charge >= 0.3 is 0 Å². The Hall–Kier alpha value is -2.63. The van der Waals surface area contributed by atoms with E-state index in [0.717, 1.165) is 50.1 Å². The Labute approximate surface area is 182 Å². The van der Waals surface area contributed by atoms with Crippen LogP contribution in [0.25, 0.3) is 0 Å². The van der Waals surface area contributed by atoms with Gasteiger partial charge in [-0.25, -0.2) is 4.39 Å². The molecule has 2 heterocycles. The molecule has 0 radical (unpaired) electrons. The summed E-state index contributed by atoms with van der Waals surface area (Å²) in [5, 5.41) is 0. The first-order chi connectivity index (χ1) is 14.2. The van der Waals surface area contributed by atoms with Gasteiger partial charge in [0, 0.05) is 31.4 Å². The number of hydrogen-bond acceptors (Lipinski definition) is 3. The van der Waals surface area contributed by atoms with Crippen LogP contribution in [-0.4, -0.2) is 36.5 Å². The Kier molecular flexibility index (Phi) is 7.66. The summed E-state index contributed by atoms with van der Waals surface area (Å²) in [7, 11) is 0. The number of anilines is 1. The number of amides is 1. The summed E-state index contributed by atoms with van der Waals surface area (Å²) in [6, 6.07) is 20.1. The highest BCUT2D eigenvalue weighted by Gasteiger charge is 2.30. The van der Waals surface area contributed by atoms with E-state index in [0.29, 0.717) is 5.76 Å². The van der Waals surface area contributed by atoms with Gasteiger partial charge in [0.25, 0.3) is 5.91 Å². The molecule has 158 valence electrons. The van der Waals surface area contributed by atoms with Gasteiger partial charge in [-0.3, -0.25) is 4.79 Å². The number of carbonyl (C=O) groups excluding carboxylic acids is 1. The number of carbonyl (C=O) groups is 1. The Morgan fingerprint density at radius 1 is 1.00 bits per heavy atom. The summed E-state index contributed by atoms with van der Waals surface area (Å²) in [4.78, 5) is 17.4. The molecule has 0 bridgehead atoms. The molecule has 0 unspecified atom stereocenters. The predicted octanol–water partition coefficient (Wildman–Crippen LogP) is 5.19. The normalized spacial score (nSPS) is 14.8. The van der Waals surface area contributed by atoms with Crippen LogP contribution >= 0.6 is 12.4 Å². The molecule has 1 saturated heterocycles. The van der Waals surface area contributed by atoms with Crippen LogP contribution in [0.15, 0.2) is 77.4 Å². The zero-order valence-electron chi connectivity index (χ0n) is 16.7. The Morgan fingerprint density at radius 2 is 1.70 bits per heavy atom. The third-order valence-electron chi connectivity index (χ3n) is 5.54. The molecule has 0 atom stereocenters. The number of nitrogens with zero attached hydrogens (tertiary/aromatic N) is 2. The van der Waals surface area contributed by atoms with Crippen molar-refractivity contribution in [3.63, 3.8) is 0 Å². The van der Waals surface area contributed by atoms with Gasteiger partial charge in [-0.2, -0.15) is 0 Å². The van der Waals surface area contributed by atoms with Crippen LogP contribution in [0.3, 0.4) is 0 Å². The lowest BCUT2D eigenvalue weighted by molar-refractivity contribution is 0.0933. The summed E-state index contributed by atoms with van der Waals surface area (Å²) in [5.41, 5.74) is 2.05. The van der Waals surface area contributed by atoms with Crippen LogP contribution in [0, 0.1) is 5.82 Å². The zero-order valence-corrected chi connectivity index (χ0v) is 17.6. The number of rotatable bonds is 6. The van der Waals surface area contributed by atoms with E-state index in [2.05, 4.69) is 4.90 Å². The molecule has 1 aliphatic rings. The van der Waals surface area contributed by atoms with Crippen molar-refractivity contribution in [2.75, 3.05) is 24.5 Å². The van der Waals surface area contributed by atoms with E-state index in [1.165, 1.54) is 18.4 Å². The molecule has 0 spiro atoms. The van der Waals surface area contributed by atoms with Gasteiger partial charge in [0.1, 0.15) is 5.82 Å². The number of para-hydroxylation sites is 1. The van der Waals surface area contributed by atoms with Crippen LogP contribution in [0.4, 0.5) is 10.1 Å². The van der Waals surface area contributed by atoms with Gasteiger partial charge in [-0.1, -0.05) is 30.3 Å². The molecule has 0 aliphatic carbocycles. The second-order valence-corrected chi connectivity index (χ2v) is 7.44. The second kappa shape index (κ2) is 10.4. The summed E-state index contributed by atoms with van der Waals surface area (Å²) < 4.78 is 18.4.